The van der Waals surface area contributed by atoms with E-state index in [0.29, 0.717) is 0 Å². The van der Waals surface area contributed by atoms with Crippen LogP contribution in [0.1, 0.15) is 5.69 Å². The molecule has 0 bridgehead atoms. The van der Waals surface area contributed by atoms with E-state index < -0.39 is 12.7 Å². The maximum absolute atomic E-state index is 11.7. The largest absolute Gasteiger partial charge is 0.367 e. The average molecular weight is 127 g/mol. The summed E-state index contributed by atoms with van der Waals surface area (Å²) in [6.45, 7) is -0.711. The number of nitrogens with zero attached hydrogens (tertiary/aromatic N) is 2. The molecule has 3 nitrogen and oxygen atoms in total. The molecule has 1 heterocycles. The molecule has 1 aromatic heterocycles. The van der Waals surface area contributed by atoms with Crippen molar-refractivity contribution in [3.63, 3.8) is 0 Å². The molecule has 0 saturated heterocycles. The molecule has 0 unspecified atom stereocenters. The number of alkyl halides is 1. The Balaban J connectivity index is 2.94. The second kappa shape index (κ2) is 2.39. The summed E-state index contributed by atoms with van der Waals surface area (Å²) in [7, 11) is 0. The molecule has 0 aliphatic carbocycles. The van der Waals surface area contributed by atoms with Crippen molar-refractivity contribution < 1.29 is 9.50 Å². The molecule has 0 aliphatic heterocycles. The summed E-state index contributed by atoms with van der Waals surface area (Å²) >= 11 is 0. The van der Waals surface area contributed by atoms with Gasteiger partial charge in [0.25, 0.3) is 0 Å². The maximum Gasteiger partial charge on any atom is 0.367 e. The van der Waals surface area contributed by atoms with Crippen molar-refractivity contribution in [3.8, 4) is 6.01 Å². The van der Waals surface area contributed by atoms with Crippen LogP contribution in [0.5, 0.6) is 6.01 Å². The summed E-state index contributed by atoms with van der Waals surface area (Å²) in [5.41, 5.74) is 0.134. The van der Waals surface area contributed by atoms with E-state index in [1.54, 1.807) is 0 Å². The third-order valence-corrected chi connectivity index (χ3v) is 0.828. The molecule has 1 rings (SSSR count). The van der Waals surface area contributed by atoms with Gasteiger partial charge in [-0.2, -0.15) is 4.98 Å². The predicted octanol–water partition coefficient (Wildman–Crippen LogP) is 1.09. The lowest BCUT2D eigenvalue weighted by Gasteiger charge is -1.88. The van der Waals surface area contributed by atoms with Crippen molar-refractivity contribution in [2.24, 2.45) is 0 Å². The monoisotopic (exact) mass is 127 g/mol. The number of halogens is 1. The molecular weight excluding hydrogens is 123 g/mol. The van der Waals surface area contributed by atoms with Crippen LogP contribution in [0.15, 0.2) is 12.3 Å². The van der Waals surface area contributed by atoms with E-state index in [2.05, 4.69) is 9.97 Å². The Bertz CT molecular complexity index is 204. The van der Waals surface area contributed by atoms with Crippen LogP contribution >= 0.6 is 0 Å². The van der Waals surface area contributed by atoms with Crippen LogP contribution in [0.4, 0.5) is 4.39 Å². The second-order valence-electron chi connectivity index (χ2n) is 1.46. The number of rotatable bonds is 1. The van der Waals surface area contributed by atoms with Crippen LogP contribution in [0.25, 0.3) is 0 Å². The molecule has 0 spiro atoms. The van der Waals surface area contributed by atoms with Gasteiger partial charge in [0.2, 0.25) is 0 Å². The first-order valence-corrected chi connectivity index (χ1v) is 2.38. The Labute approximate surface area is 51.2 Å². The Kier molecular flexibility index (Phi) is 1.58. The molecule has 47 valence electrons. The van der Waals surface area contributed by atoms with Crippen LogP contribution in [-0.2, 0) is 11.8 Å². The van der Waals surface area contributed by atoms with E-state index in [0.717, 1.165) is 0 Å². The molecule has 0 N–H and O–H groups in total. The summed E-state index contributed by atoms with van der Waals surface area (Å²) in [5, 5.41) is 10.3. The second-order valence-corrected chi connectivity index (χ2v) is 1.46. The van der Waals surface area contributed by atoms with Crippen molar-refractivity contribution in [1.29, 1.82) is 0 Å². The Morgan fingerprint density at radius 1 is 1.67 bits per heavy atom. The van der Waals surface area contributed by atoms with E-state index >= 15 is 0 Å². The van der Waals surface area contributed by atoms with Crippen LogP contribution in [-0.4, -0.2) is 9.97 Å². The molecule has 4 heteroatoms. The summed E-state index contributed by atoms with van der Waals surface area (Å²) in [6.07, 6.45) is 1.24. The van der Waals surface area contributed by atoms with Crippen molar-refractivity contribution in [2.45, 2.75) is 6.67 Å². The number of hydrogen-bond acceptors (Lipinski definition) is 2. The normalized spacial score (nSPS) is 9.44. The molecule has 0 saturated carbocycles. The van der Waals surface area contributed by atoms with Gasteiger partial charge in [-0.25, -0.2) is 14.5 Å². The lowest BCUT2D eigenvalue weighted by atomic mass is 10.4. The zero-order chi connectivity index (χ0) is 6.69. The van der Waals surface area contributed by atoms with E-state index in [4.69, 9.17) is 0 Å². The maximum atomic E-state index is 11.7. The van der Waals surface area contributed by atoms with Crippen molar-refractivity contribution in [1.82, 2.24) is 9.97 Å². The Morgan fingerprint density at radius 3 is 2.89 bits per heavy atom. The van der Waals surface area contributed by atoms with Gasteiger partial charge in [-0.15, -0.1) is 0 Å². The molecule has 1 aromatic rings. The highest BCUT2D eigenvalue weighted by Gasteiger charge is 1.95. The zero-order valence-corrected chi connectivity index (χ0v) is 4.54. The fraction of sp³-hybridized carbons (Fsp3) is 0.200. The van der Waals surface area contributed by atoms with Crippen LogP contribution in [0, 0.1) is 0 Å². The summed E-state index contributed by atoms with van der Waals surface area (Å²) in [6, 6.07) is 0.728. The third kappa shape index (κ3) is 1.35. The predicted molar refractivity (Wildman–Crippen MR) is 27.0 cm³/mol. The quantitative estimate of drug-likeness (QED) is 0.566. The fourth-order valence-corrected chi connectivity index (χ4v) is 0.450. The van der Waals surface area contributed by atoms with Gasteiger partial charge in [0, 0.05) is 6.20 Å². The van der Waals surface area contributed by atoms with Crippen molar-refractivity contribution in [3.05, 3.63) is 18.0 Å². The minimum atomic E-state index is -0.711. The molecule has 0 aromatic carbocycles. The molecule has 0 fully saturated rings. The first kappa shape index (κ1) is 5.94. The van der Waals surface area contributed by atoms with Crippen molar-refractivity contribution >= 4 is 0 Å². The molecule has 1 radical (unpaired) electrons. The number of aromatic nitrogens is 2. The first-order valence-electron chi connectivity index (χ1n) is 2.38. The SMILES string of the molecule is [O]c1nccc(CF)n1. The van der Waals surface area contributed by atoms with Crippen LogP contribution in [0.3, 0.4) is 0 Å². The number of hydrogen-bond donors (Lipinski definition) is 0. The molecule has 9 heavy (non-hydrogen) atoms. The first-order chi connectivity index (χ1) is 4.33. The van der Waals surface area contributed by atoms with E-state index in [9.17, 15) is 9.50 Å². The highest BCUT2D eigenvalue weighted by Crippen LogP contribution is 2.01. The van der Waals surface area contributed by atoms with Crippen molar-refractivity contribution in [2.75, 3.05) is 0 Å². The smallest absolute Gasteiger partial charge is 0.244 e. The van der Waals surface area contributed by atoms with Gasteiger partial charge in [-0.05, 0) is 6.07 Å². The van der Waals surface area contributed by atoms with Gasteiger partial charge in [-0.1, -0.05) is 0 Å². The molecule has 0 aliphatic rings. The standard InChI is InChI=1S/C5H4FN2O/c6-3-4-1-2-7-5(9)8-4/h1-2H,3H2. The van der Waals surface area contributed by atoms with Gasteiger partial charge < -0.3 is 0 Å². The van der Waals surface area contributed by atoms with E-state index in [-0.39, 0.29) is 5.69 Å². The lowest BCUT2D eigenvalue weighted by Crippen LogP contribution is -1.85. The minimum absolute atomic E-state index is 0.134. The average Bonchev–Trinajstić information content (AvgIpc) is 1.88. The van der Waals surface area contributed by atoms with Gasteiger partial charge in [0.15, 0.2) is 0 Å². The molecule has 0 atom stereocenters. The van der Waals surface area contributed by atoms with E-state index in [1.165, 1.54) is 12.3 Å². The van der Waals surface area contributed by atoms with Gasteiger partial charge in [-0.3, -0.25) is 0 Å². The highest BCUT2D eigenvalue weighted by atomic mass is 19.1. The fourth-order valence-electron chi connectivity index (χ4n) is 0.450. The van der Waals surface area contributed by atoms with Gasteiger partial charge in [0.05, 0.1) is 5.69 Å². The van der Waals surface area contributed by atoms with E-state index in [1.807, 2.05) is 0 Å². The highest BCUT2D eigenvalue weighted by molar-refractivity contribution is 5.02. The van der Waals surface area contributed by atoms with Crippen LogP contribution < -0.4 is 0 Å². The summed E-state index contributed by atoms with van der Waals surface area (Å²) in [4.78, 5) is 6.50. The Hall–Kier alpha value is -1.19. The zero-order valence-electron chi connectivity index (χ0n) is 4.54. The van der Waals surface area contributed by atoms with Gasteiger partial charge >= 0.3 is 6.01 Å². The van der Waals surface area contributed by atoms with Gasteiger partial charge in [0.1, 0.15) is 6.67 Å². The Morgan fingerprint density at radius 2 is 2.44 bits per heavy atom. The molecular formula is C5H4FN2O. The third-order valence-electron chi connectivity index (χ3n) is 0.828. The van der Waals surface area contributed by atoms with Crippen LogP contribution in [0.2, 0.25) is 0 Å². The summed E-state index contributed by atoms with van der Waals surface area (Å²) in [5.74, 6) is 0. The molecule has 0 amide bonds. The topological polar surface area (TPSA) is 45.7 Å². The minimum Gasteiger partial charge on any atom is -0.244 e. The lowest BCUT2D eigenvalue weighted by molar-refractivity contribution is 0.314. The summed E-state index contributed by atoms with van der Waals surface area (Å²) < 4.78 is 11.7.